The molecule has 0 fully saturated rings. The maximum absolute atomic E-state index is 6.05. The lowest BCUT2D eigenvalue weighted by Crippen LogP contribution is -2.39. The van der Waals surface area contributed by atoms with Crippen LogP contribution < -0.4 is 10.5 Å². The third kappa shape index (κ3) is 2.61. The van der Waals surface area contributed by atoms with Gasteiger partial charge in [-0.05, 0) is 18.1 Å². The predicted molar refractivity (Wildman–Crippen MR) is 71.6 cm³/mol. The van der Waals surface area contributed by atoms with Gasteiger partial charge in [0.25, 0.3) is 0 Å². The number of benzene rings is 1. The molecule has 19 heavy (non-hydrogen) atoms. The topological polar surface area (TPSA) is 66.0 Å². The minimum absolute atomic E-state index is 0.164. The number of rotatable bonds is 3. The number of aromatic nitrogens is 3. The number of hydrogen-bond acceptors (Lipinski definition) is 4. The summed E-state index contributed by atoms with van der Waals surface area (Å²) in [6.07, 6.45) is 0.888. The zero-order valence-corrected chi connectivity index (χ0v) is 11.0. The van der Waals surface area contributed by atoms with E-state index in [4.69, 9.17) is 10.5 Å². The van der Waals surface area contributed by atoms with Crippen molar-refractivity contribution in [1.29, 1.82) is 0 Å². The fourth-order valence-corrected chi connectivity index (χ4v) is 2.27. The third-order valence-electron chi connectivity index (χ3n) is 3.52. The quantitative estimate of drug-likeness (QED) is 0.903. The van der Waals surface area contributed by atoms with E-state index in [1.54, 1.807) is 0 Å². The first-order chi connectivity index (χ1) is 9.22. The Balaban J connectivity index is 1.69. The van der Waals surface area contributed by atoms with Crippen molar-refractivity contribution in [1.82, 2.24) is 14.8 Å². The zero-order chi connectivity index (χ0) is 13.2. The van der Waals surface area contributed by atoms with E-state index in [-0.39, 0.29) is 6.04 Å². The molecule has 2 heterocycles. The molecule has 1 aromatic heterocycles. The molecule has 0 amide bonds. The van der Waals surface area contributed by atoms with Gasteiger partial charge in [-0.2, -0.15) is 5.10 Å². The highest BCUT2D eigenvalue weighted by Gasteiger charge is 2.25. The van der Waals surface area contributed by atoms with Gasteiger partial charge in [-0.1, -0.05) is 25.1 Å². The molecule has 100 valence electrons. The number of fused-ring (bicyclic) bond motifs is 1. The summed E-state index contributed by atoms with van der Waals surface area (Å²) >= 11 is 0. The van der Waals surface area contributed by atoms with Crippen LogP contribution >= 0.6 is 0 Å². The lowest BCUT2D eigenvalue weighted by molar-refractivity contribution is 0.293. The average Bonchev–Trinajstić information content (AvgIpc) is 2.80. The molecule has 0 radical (unpaired) electrons. The van der Waals surface area contributed by atoms with Crippen molar-refractivity contribution in [2.75, 3.05) is 0 Å². The smallest absolute Gasteiger partial charge is 0.188 e. The maximum Gasteiger partial charge on any atom is 0.188 e. The fourth-order valence-electron chi connectivity index (χ4n) is 2.27. The van der Waals surface area contributed by atoms with Gasteiger partial charge in [0.2, 0.25) is 0 Å². The molecule has 0 bridgehead atoms. The predicted octanol–water partition coefficient (Wildman–Crippen LogP) is 1.38. The Morgan fingerprint density at radius 3 is 2.95 bits per heavy atom. The molecule has 1 aromatic carbocycles. The van der Waals surface area contributed by atoms with Crippen LogP contribution in [-0.4, -0.2) is 20.8 Å². The van der Waals surface area contributed by atoms with Crippen molar-refractivity contribution < 1.29 is 4.74 Å². The molecule has 2 atom stereocenters. The summed E-state index contributed by atoms with van der Waals surface area (Å²) in [5.74, 6) is 3.03. The lowest BCUT2D eigenvalue weighted by Gasteiger charge is -2.25. The van der Waals surface area contributed by atoms with E-state index in [2.05, 4.69) is 17.0 Å². The first-order valence-corrected chi connectivity index (χ1v) is 6.58. The molecule has 0 aliphatic carbocycles. The summed E-state index contributed by atoms with van der Waals surface area (Å²) in [7, 11) is 0. The van der Waals surface area contributed by atoms with Gasteiger partial charge in [-0.3, -0.25) is 0 Å². The van der Waals surface area contributed by atoms with E-state index in [1.165, 1.54) is 0 Å². The molecule has 0 spiro atoms. The number of nitrogens with two attached hydrogens (primary N) is 1. The molecule has 3 rings (SSSR count). The summed E-state index contributed by atoms with van der Waals surface area (Å²) in [5.41, 5.74) is 6.05. The van der Waals surface area contributed by atoms with Crippen molar-refractivity contribution in [2.45, 2.75) is 32.5 Å². The molecule has 5 heteroatoms. The molecular weight excluding hydrogens is 240 g/mol. The molecule has 2 N–H and O–H groups in total. The van der Waals surface area contributed by atoms with Crippen molar-refractivity contribution in [3.8, 4) is 5.75 Å². The van der Waals surface area contributed by atoms with Crippen LogP contribution in [0.2, 0.25) is 0 Å². The average molecular weight is 258 g/mol. The van der Waals surface area contributed by atoms with Crippen molar-refractivity contribution in [3.63, 3.8) is 0 Å². The minimum Gasteiger partial charge on any atom is -0.486 e. The molecule has 2 aromatic rings. The van der Waals surface area contributed by atoms with Gasteiger partial charge in [-0.15, -0.1) is 0 Å². The first kappa shape index (κ1) is 12.2. The van der Waals surface area contributed by atoms with E-state index < -0.39 is 0 Å². The standard InChI is InChI=1S/C14H18N4O/c1-10-7-14-16-13(17-18(14)8-12(10)15)9-19-11-5-3-2-4-6-11/h2-6,10,12H,7-9,15H2,1H3. The van der Waals surface area contributed by atoms with Gasteiger partial charge in [0.05, 0.1) is 6.54 Å². The van der Waals surface area contributed by atoms with Crippen molar-refractivity contribution >= 4 is 0 Å². The van der Waals surface area contributed by atoms with Crippen LogP contribution in [0.3, 0.4) is 0 Å². The second kappa shape index (κ2) is 5.01. The summed E-state index contributed by atoms with van der Waals surface area (Å²) in [4.78, 5) is 4.52. The van der Waals surface area contributed by atoms with Crippen LogP contribution in [-0.2, 0) is 19.6 Å². The van der Waals surface area contributed by atoms with Gasteiger partial charge in [-0.25, -0.2) is 9.67 Å². The number of para-hydroxylation sites is 1. The maximum atomic E-state index is 6.05. The highest BCUT2D eigenvalue weighted by molar-refractivity contribution is 5.21. The monoisotopic (exact) mass is 258 g/mol. The zero-order valence-electron chi connectivity index (χ0n) is 11.0. The summed E-state index contributed by atoms with van der Waals surface area (Å²) in [6.45, 7) is 3.30. The Morgan fingerprint density at radius 2 is 2.16 bits per heavy atom. The number of nitrogens with zero attached hydrogens (tertiary/aromatic N) is 3. The molecule has 0 saturated carbocycles. The normalized spacial score (nSPS) is 22.0. The van der Waals surface area contributed by atoms with Gasteiger partial charge in [0.15, 0.2) is 5.82 Å². The largest absolute Gasteiger partial charge is 0.486 e. The first-order valence-electron chi connectivity index (χ1n) is 6.58. The van der Waals surface area contributed by atoms with Crippen LogP contribution in [0.25, 0.3) is 0 Å². The number of ether oxygens (including phenoxy) is 1. The Bertz CT molecular complexity index is 524. The summed E-state index contributed by atoms with van der Waals surface area (Å²) < 4.78 is 7.56. The highest BCUT2D eigenvalue weighted by atomic mass is 16.5. The Kier molecular flexibility index (Phi) is 3.21. The van der Waals surface area contributed by atoms with Gasteiger partial charge in [0, 0.05) is 12.5 Å². The molecule has 1 aliphatic rings. The van der Waals surface area contributed by atoms with Gasteiger partial charge < -0.3 is 10.5 Å². The van der Waals surface area contributed by atoms with Crippen LogP contribution in [0.1, 0.15) is 18.6 Å². The summed E-state index contributed by atoms with van der Waals surface area (Å²) in [5, 5.41) is 4.45. The van der Waals surface area contributed by atoms with Gasteiger partial charge >= 0.3 is 0 Å². The fraction of sp³-hybridized carbons (Fsp3) is 0.429. The van der Waals surface area contributed by atoms with Crippen LogP contribution in [0.4, 0.5) is 0 Å². The van der Waals surface area contributed by atoms with Crippen molar-refractivity contribution in [3.05, 3.63) is 42.0 Å². The van der Waals surface area contributed by atoms with E-state index in [0.29, 0.717) is 12.5 Å². The van der Waals surface area contributed by atoms with Crippen LogP contribution in [0, 0.1) is 5.92 Å². The second-order valence-electron chi connectivity index (χ2n) is 5.07. The highest BCUT2D eigenvalue weighted by Crippen LogP contribution is 2.18. The minimum atomic E-state index is 0.164. The molecule has 1 aliphatic heterocycles. The van der Waals surface area contributed by atoms with E-state index >= 15 is 0 Å². The molecule has 5 nitrogen and oxygen atoms in total. The number of hydrogen-bond donors (Lipinski definition) is 1. The lowest BCUT2D eigenvalue weighted by atomic mass is 9.96. The van der Waals surface area contributed by atoms with Crippen LogP contribution in [0.5, 0.6) is 5.75 Å². The summed E-state index contributed by atoms with van der Waals surface area (Å²) in [6, 6.07) is 9.87. The van der Waals surface area contributed by atoms with Gasteiger partial charge in [0.1, 0.15) is 18.2 Å². The Labute approximate surface area is 112 Å². The molecular formula is C14H18N4O. The Hall–Kier alpha value is -1.88. The van der Waals surface area contributed by atoms with Crippen LogP contribution in [0.15, 0.2) is 30.3 Å². The molecule has 0 saturated heterocycles. The Morgan fingerprint density at radius 1 is 1.37 bits per heavy atom. The van der Waals surface area contributed by atoms with E-state index in [1.807, 2.05) is 35.0 Å². The molecule has 2 unspecified atom stereocenters. The van der Waals surface area contributed by atoms with E-state index in [9.17, 15) is 0 Å². The second-order valence-corrected chi connectivity index (χ2v) is 5.07. The van der Waals surface area contributed by atoms with E-state index in [0.717, 1.165) is 30.4 Å². The third-order valence-corrected chi connectivity index (χ3v) is 3.52. The van der Waals surface area contributed by atoms with Crippen molar-refractivity contribution in [2.24, 2.45) is 11.7 Å². The SMILES string of the molecule is CC1Cc2nc(COc3ccccc3)nn2CC1N.